The molecule has 0 unspecified atom stereocenters. The minimum absolute atomic E-state index is 0.0678. The highest BCUT2D eigenvalue weighted by Gasteiger charge is 2.19. The summed E-state index contributed by atoms with van der Waals surface area (Å²) in [4.78, 5) is 37.3. The van der Waals surface area contributed by atoms with Crippen LogP contribution in [0.2, 0.25) is 0 Å². The molecule has 0 bridgehead atoms. The third-order valence-corrected chi connectivity index (χ3v) is 9.22. The second-order valence-corrected chi connectivity index (χ2v) is 15.2. The van der Waals surface area contributed by atoms with Gasteiger partial charge in [0.25, 0.3) is 0 Å². The van der Waals surface area contributed by atoms with Gasteiger partial charge in [-0.15, -0.1) is 0 Å². The summed E-state index contributed by atoms with van der Waals surface area (Å²) in [6.45, 7) is 11.2. The molecule has 1 atom stereocenters. The summed E-state index contributed by atoms with van der Waals surface area (Å²) in [7, 11) is 0. The highest BCUT2D eigenvalue weighted by atomic mass is 16.6. The predicted molar refractivity (Wildman–Crippen MR) is 201 cm³/mol. The Balaban J connectivity index is 4.20. The van der Waals surface area contributed by atoms with E-state index in [1.165, 1.54) is 103 Å². The van der Waals surface area contributed by atoms with Crippen LogP contribution in [0.15, 0.2) is 0 Å². The molecule has 284 valence electrons. The highest BCUT2D eigenvalue weighted by molar-refractivity contribution is 5.71. The minimum atomic E-state index is -0.758. The lowest BCUT2D eigenvalue weighted by atomic mass is 10.0. The van der Waals surface area contributed by atoms with Crippen molar-refractivity contribution in [2.75, 3.05) is 13.2 Å². The Labute approximate surface area is 298 Å². The SMILES string of the molecule is CCCCCCCC(=O)OC[C@H](COC(=O)CCCCCCCCC(C)C)OC(=O)CCCCCCCCCCCCCCCC(C)C. The average Bonchev–Trinajstić information content (AvgIpc) is 3.04. The number of rotatable bonds is 36. The van der Waals surface area contributed by atoms with Crippen molar-refractivity contribution in [3.63, 3.8) is 0 Å². The molecule has 0 amide bonds. The van der Waals surface area contributed by atoms with Crippen LogP contribution in [0, 0.1) is 11.8 Å². The Kier molecular flexibility index (Phi) is 34.1. The molecule has 0 aromatic rings. The van der Waals surface area contributed by atoms with Gasteiger partial charge in [0, 0.05) is 19.3 Å². The zero-order valence-corrected chi connectivity index (χ0v) is 32.6. The molecular formula is C42H80O6. The van der Waals surface area contributed by atoms with E-state index in [1.807, 2.05) is 0 Å². The maximum atomic E-state index is 12.6. The van der Waals surface area contributed by atoms with Gasteiger partial charge in [0.2, 0.25) is 0 Å². The molecule has 0 radical (unpaired) electrons. The van der Waals surface area contributed by atoms with Gasteiger partial charge in [-0.25, -0.2) is 0 Å². The van der Waals surface area contributed by atoms with Crippen molar-refractivity contribution in [3.05, 3.63) is 0 Å². The Morgan fingerprint density at radius 1 is 0.396 bits per heavy atom. The van der Waals surface area contributed by atoms with Crippen molar-refractivity contribution in [2.45, 2.75) is 227 Å². The number of unbranched alkanes of at least 4 members (excludes halogenated alkanes) is 21. The van der Waals surface area contributed by atoms with Gasteiger partial charge < -0.3 is 14.2 Å². The molecule has 6 nitrogen and oxygen atoms in total. The van der Waals surface area contributed by atoms with Crippen molar-refractivity contribution in [1.82, 2.24) is 0 Å². The lowest BCUT2D eigenvalue weighted by Crippen LogP contribution is -2.30. The fourth-order valence-electron chi connectivity index (χ4n) is 6.05. The first-order valence-electron chi connectivity index (χ1n) is 20.7. The Morgan fingerprint density at radius 2 is 0.688 bits per heavy atom. The first kappa shape index (κ1) is 46.4. The predicted octanol–water partition coefficient (Wildman–Crippen LogP) is 12.6. The van der Waals surface area contributed by atoms with E-state index in [-0.39, 0.29) is 31.1 Å². The Bertz CT molecular complexity index is 734. The molecule has 0 saturated heterocycles. The van der Waals surface area contributed by atoms with Crippen LogP contribution in [0.1, 0.15) is 221 Å². The van der Waals surface area contributed by atoms with Gasteiger partial charge in [0.15, 0.2) is 6.10 Å². The fourth-order valence-corrected chi connectivity index (χ4v) is 6.05. The second-order valence-electron chi connectivity index (χ2n) is 15.2. The first-order valence-corrected chi connectivity index (χ1v) is 20.7. The van der Waals surface area contributed by atoms with Crippen molar-refractivity contribution in [1.29, 1.82) is 0 Å². The smallest absolute Gasteiger partial charge is 0.306 e. The highest BCUT2D eigenvalue weighted by Crippen LogP contribution is 2.16. The van der Waals surface area contributed by atoms with Gasteiger partial charge in [-0.2, -0.15) is 0 Å². The molecule has 6 heteroatoms. The summed E-state index contributed by atoms with van der Waals surface area (Å²) >= 11 is 0. The van der Waals surface area contributed by atoms with Crippen LogP contribution in [0.4, 0.5) is 0 Å². The van der Waals surface area contributed by atoms with Gasteiger partial charge in [-0.1, -0.05) is 182 Å². The molecule has 0 spiro atoms. The van der Waals surface area contributed by atoms with Gasteiger partial charge >= 0.3 is 17.9 Å². The van der Waals surface area contributed by atoms with Crippen LogP contribution in [0.3, 0.4) is 0 Å². The lowest BCUT2D eigenvalue weighted by molar-refractivity contribution is -0.167. The van der Waals surface area contributed by atoms with Crippen molar-refractivity contribution < 1.29 is 28.6 Å². The van der Waals surface area contributed by atoms with Crippen LogP contribution in [-0.2, 0) is 28.6 Å². The largest absolute Gasteiger partial charge is 0.462 e. The molecule has 0 aliphatic heterocycles. The van der Waals surface area contributed by atoms with Crippen LogP contribution in [-0.4, -0.2) is 37.2 Å². The average molecular weight is 681 g/mol. The van der Waals surface area contributed by atoms with Gasteiger partial charge in [0.1, 0.15) is 13.2 Å². The van der Waals surface area contributed by atoms with E-state index < -0.39 is 6.10 Å². The van der Waals surface area contributed by atoms with E-state index in [2.05, 4.69) is 34.6 Å². The van der Waals surface area contributed by atoms with E-state index >= 15 is 0 Å². The lowest BCUT2D eigenvalue weighted by Gasteiger charge is -2.18. The summed E-state index contributed by atoms with van der Waals surface area (Å²) in [6.07, 6.45) is 31.3. The number of esters is 3. The molecule has 0 aliphatic rings. The third kappa shape index (κ3) is 35.7. The molecular weight excluding hydrogens is 600 g/mol. The summed E-state index contributed by atoms with van der Waals surface area (Å²) in [5.41, 5.74) is 0. The normalized spacial score (nSPS) is 12.1. The van der Waals surface area contributed by atoms with E-state index in [0.717, 1.165) is 76.0 Å². The van der Waals surface area contributed by atoms with E-state index in [1.54, 1.807) is 0 Å². The fraction of sp³-hybridized carbons (Fsp3) is 0.929. The van der Waals surface area contributed by atoms with Crippen molar-refractivity contribution >= 4 is 17.9 Å². The zero-order chi connectivity index (χ0) is 35.5. The summed E-state index contributed by atoms with van der Waals surface area (Å²) in [5.74, 6) is 0.721. The minimum Gasteiger partial charge on any atom is -0.462 e. The number of ether oxygens (including phenoxy) is 3. The summed E-state index contributed by atoms with van der Waals surface area (Å²) in [6, 6.07) is 0. The summed E-state index contributed by atoms with van der Waals surface area (Å²) in [5, 5.41) is 0. The van der Waals surface area contributed by atoms with E-state index in [9.17, 15) is 14.4 Å². The molecule has 0 fully saturated rings. The molecule has 0 heterocycles. The number of hydrogen-bond acceptors (Lipinski definition) is 6. The van der Waals surface area contributed by atoms with Gasteiger partial charge in [0.05, 0.1) is 0 Å². The number of hydrogen-bond donors (Lipinski definition) is 0. The molecule has 0 saturated carbocycles. The number of carbonyl (C=O) groups is 3. The van der Waals surface area contributed by atoms with Gasteiger partial charge in [-0.05, 0) is 31.1 Å². The van der Waals surface area contributed by atoms with Crippen LogP contribution >= 0.6 is 0 Å². The maximum absolute atomic E-state index is 12.6. The van der Waals surface area contributed by atoms with Crippen LogP contribution in [0.5, 0.6) is 0 Å². The molecule has 0 aliphatic carbocycles. The first-order chi connectivity index (χ1) is 23.2. The van der Waals surface area contributed by atoms with E-state index in [0.29, 0.717) is 19.3 Å². The second kappa shape index (κ2) is 35.2. The Hall–Kier alpha value is -1.59. The monoisotopic (exact) mass is 681 g/mol. The molecule has 48 heavy (non-hydrogen) atoms. The topological polar surface area (TPSA) is 78.9 Å². The van der Waals surface area contributed by atoms with Crippen LogP contribution < -0.4 is 0 Å². The van der Waals surface area contributed by atoms with Crippen LogP contribution in [0.25, 0.3) is 0 Å². The quantitative estimate of drug-likeness (QED) is 0.0372. The molecule has 0 rings (SSSR count). The van der Waals surface area contributed by atoms with Crippen molar-refractivity contribution in [3.8, 4) is 0 Å². The number of carbonyl (C=O) groups excluding carboxylic acids is 3. The third-order valence-electron chi connectivity index (χ3n) is 9.22. The maximum Gasteiger partial charge on any atom is 0.306 e. The van der Waals surface area contributed by atoms with Gasteiger partial charge in [-0.3, -0.25) is 14.4 Å². The molecule has 0 N–H and O–H groups in total. The Morgan fingerprint density at radius 3 is 1.02 bits per heavy atom. The molecule has 0 aromatic carbocycles. The van der Waals surface area contributed by atoms with E-state index in [4.69, 9.17) is 14.2 Å². The van der Waals surface area contributed by atoms with Crippen molar-refractivity contribution in [2.24, 2.45) is 11.8 Å². The molecule has 0 aromatic heterocycles. The summed E-state index contributed by atoms with van der Waals surface area (Å²) < 4.78 is 16.5. The standard InChI is InChI=1S/C42H80O6/c1-6-7-8-20-27-32-40(43)46-35-39(36-47-41(44)33-28-23-19-18-22-26-31-38(4)5)48-42(45)34-29-24-17-15-13-11-9-10-12-14-16-21-25-30-37(2)3/h37-39H,6-36H2,1-5H3/t39-/m1/s1. The zero-order valence-electron chi connectivity index (χ0n) is 32.6.